The molecule has 1 aromatic carbocycles. The summed E-state index contributed by atoms with van der Waals surface area (Å²) >= 11 is 0. The largest absolute Gasteiger partial charge is 0.481 e. The molecule has 0 saturated carbocycles. The van der Waals surface area contributed by atoms with Gasteiger partial charge < -0.3 is 5.11 Å². The highest BCUT2D eigenvalue weighted by molar-refractivity contribution is 5.95. The molecule has 1 aliphatic heterocycles. The lowest BCUT2D eigenvalue weighted by molar-refractivity contribution is -0.148. The number of carbonyl (C=O) groups excluding carboxylic acids is 1. The number of para-hydroxylation sites is 1. The summed E-state index contributed by atoms with van der Waals surface area (Å²) in [4.78, 5) is 26.1. The minimum atomic E-state index is -0.828. The van der Waals surface area contributed by atoms with E-state index < -0.39 is 5.97 Å². The highest BCUT2D eigenvalue weighted by Crippen LogP contribution is 2.18. The third-order valence-electron chi connectivity index (χ3n) is 3.26. The molecule has 1 fully saturated rings. The van der Waals surface area contributed by atoms with Gasteiger partial charge in [-0.15, -0.1) is 0 Å². The Labute approximate surface area is 116 Å². The second kappa shape index (κ2) is 6.17. The number of carboxylic acid groups (broad SMARTS) is 1. The van der Waals surface area contributed by atoms with Crippen LogP contribution in [0.15, 0.2) is 30.3 Å². The Morgan fingerprint density at radius 1 is 1.35 bits per heavy atom. The molecule has 0 unspecified atom stereocenters. The average Bonchev–Trinajstić information content (AvgIpc) is 2.40. The fourth-order valence-electron chi connectivity index (χ4n) is 2.13. The predicted molar refractivity (Wildman–Crippen MR) is 72.0 cm³/mol. The molecular formula is C14H15N3O3. The van der Waals surface area contributed by atoms with Gasteiger partial charge in [-0.25, -0.2) is 0 Å². The minimum Gasteiger partial charge on any atom is -0.481 e. The van der Waals surface area contributed by atoms with Gasteiger partial charge in [0.1, 0.15) is 6.54 Å². The molecule has 0 radical (unpaired) electrons. The van der Waals surface area contributed by atoms with Crippen LogP contribution >= 0.6 is 0 Å². The van der Waals surface area contributed by atoms with E-state index in [2.05, 4.69) is 0 Å². The molecule has 20 heavy (non-hydrogen) atoms. The predicted octanol–water partition coefficient (Wildman–Crippen LogP) is 0.560. The number of carbonyl (C=O) groups is 2. The molecular weight excluding hydrogens is 258 g/mol. The van der Waals surface area contributed by atoms with Gasteiger partial charge in [-0.05, 0) is 12.1 Å². The van der Waals surface area contributed by atoms with Crippen LogP contribution < -0.4 is 4.90 Å². The second-order valence-corrected chi connectivity index (χ2v) is 4.70. The summed E-state index contributed by atoms with van der Waals surface area (Å²) in [5.41, 5.74) is 0.675. The van der Waals surface area contributed by atoms with E-state index in [4.69, 9.17) is 10.4 Å². The van der Waals surface area contributed by atoms with Crippen LogP contribution in [-0.2, 0) is 9.59 Å². The molecule has 2 rings (SSSR count). The smallest absolute Gasteiger partial charge is 0.309 e. The first kappa shape index (κ1) is 14.0. The molecule has 1 aromatic rings. The van der Waals surface area contributed by atoms with Crippen LogP contribution in [-0.4, -0.2) is 48.1 Å². The normalized spacial score (nSPS) is 15.2. The molecule has 6 nitrogen and oxygen atoms in total. The molecule has 1 saturated heterocycles. The quantitative estimate of drug-likeness (QED) is 0.792. The Kier molecular flexibility index (Phi) is 4.33. The highest BCUT2D eigenvalue weighted by atomic mass is 16.4. The number of amides is 1. The Morgan fingerprint density at radius 3 is 2.55 bits per heavy atom. The zero-order valence-corrected chi connectivity index (χ0v) is 10.9. The van der Waals surface area contributed by atoms with Crippen LogP contribution in [0.2, 0.25) is 0 Å². The topological polar surface area (TPSA) is 84.6 Å². The number of anilines is 1. The van der Waals surface area contributed by atoms with Gasteiger partial charge in [0.05, 0.1) is 18.5 Å². The van der Waals surface area contributed by atoms with Crippen LogP contribution in [0, 0.1) is 17.2 Å². The fourth-order valence-corrected chi connectivity index (χ4v) is 2.13. The van der Waals surface area contributed by atoms with Crippen molar-refractivity contribution in [3.8, 4) is 6.07 Å². The zero-order valence-electron chi connectivity index (χ0n) is 10.9. The monoisotopic (exact) mass is 273 g/mol. The van der Waals surface area contributed by atoms with Crippen LogP contribution in [0.1, 0.15) is 0 Å². The molecule has 0 aliphatic carbocycles. The van der Waals surface area contributed by atoms with Gasteiger partial charge in [0.2, 0.25) is 5.91 Å². The molecule has 1 N–H and O–H groups in total. The van der Waals surface area contributed by atoms with Gasteiger partial charge in [-0.3, -0.25) is 19.4 Å². The number of hydrogen-bond acceptors (Lipinski definition) is 4. The Morgan fingerprint density at radius 2 is 2.00 bits per heavy atom. The van der Waals surface area contributed by atoms with Crippen LogP contribution in [0.25, 0.3) is 0 Å². The van der Waals surface area contributed by atoms with Crippen LogP contribution in [0.3, 0.4) is 0 Å². The van der Waals surface area contributed by atoms with E-state index in [1.54, 1.807) is 29.2 Å². The van der Waals surface area contributed by atoms with Crippen molar-refractivity contribution in [1.82, 2.24) is 4.90 Å². The maximum absolute atomic E-state index is 12.2. The van der Waals surface area contributed by atoms with Gasteiger partial charge in [0.15, 0.2) is 0 Å². The van der Waals surface area contributed by atoms with Crippen molar-refractivity contribution < 1.29 is 14.7 Å². The number of rotatable bonds is 5. The number of nitriles is 1. The summed E-state index contributed by atoms with van der Waals surface area (Å²) in [5.74, 6) is -1.41. The van der Waals surface area contributed by atoms with Gasteiger partial charge in [0, 0.05) is 18.8 Å². The summed E-state index contributed by atoms with van der Waals surface area (Å²) in [5, 5.41) is 17.6. The first-order valence-corrected chi connectivity index (χ1v) is 6.29. The SMILES string of the molecule is N#CCN(C(=O)CN1CC(C(=O)O)C1)c1ccccc1. The lowest BCUT2D eigenvalue weighted by atomic mass is 10.0. The van der Waals surface area contributed by atoms with Crippen molar-refractivity contribution in [1.29, 1.82) is 5.26 Å². The summed E-state index contributed by atoms with van der Waals surface area (Å²) in [6.45, 7) is 0.895. The van der Waals surface area contributed by atoms with E-state index in [0.29, 0.717) is 18.8 Å². The average molecular weight is 273 g/mol. The summed E-state index contributed by atoms with van der Waals surface area (Å²) in [6.07, 6.45) is 0. The maximum atomic E-state index is 12.2. The van der Waals surface area contributed by atoms with E-state index in [1.165, 1.54) is 4.90 Å². The van der Waals surface area contributed by atoms with Crippen molar-refractivity contribution in [3.63, 3.8) is 0 Å². The Hall–Kier alpha value is -2.39. The van der Waals surface area contributed by atoms with Gasteiger partial charge in [-0.1, -0.05) is 18.2 Å². The van der Waals surface area contributed by atoms with Crippen molar-refractivity contribution in [2.75, 3.05) is 31.1 Å². The third kappa shape index (κ3) is 3.13. The molecule has 0 aromatic heterocycles. The summed E-state index contributed by atoms with van der Waals surface area (Å²) in [7, 11) is 0. The van der Waals surface area contributed by atoms with E-state index >= 15 is 0 Å². The molecule has 0 atom stereocenters. The first-order valence-electron chi connectivity index (χ1n) is 6.29. The van der Waals surface area contributed by atoms with Crippen molar-refractivity contribution in [2.24, 2.45) is 5.92 Å². The number of aliphatic carboxylic acids is 1. The number of likely N-dealkylation sites (tertiary alicyclic amines) is 1. The Balaban J connectivity index is 1.96. The number of carboxylic acids is 1. The van der Waals surface area contributed by atoms with E-state index in [0.717, 1.165) is 0 Å². The number of nitrogens with zero attached hydrogens (tertiary/aromatic N) is 3. The molecule has 1 heterocycles. The van der Waals surface area contributed by atoms with Crippen molar-refractivity contribution in [3.05, 3.63) is 30.3 Å². The van der Waals surface area contributed by atoms with Gasteiger partial charge in [-0.2, -0.15) is 5.26 Å². The molecule has 104 valence electrons. The van der Waals surface area contributed by atoms with E-state index in [-0.39, 0.29) is 24.9 Å². The molecule has 0 bridgehead atoms. The summed E-state index contributed by atoms with van der Waals surface area (Å²) in [6, 6.07) is 11.0. The molecule has 1 aliphatic rings. The van der Waals surface area contributed by atoms with E-state index in [1.807, 2.05) is 12.1 Å². The molecule has 0 spiro atoms. The summed E-state index contributed by atoms with van der Waals surface area (Å²) < 4.78 is 0. The lowest BCUT2D eigenvalue weighted by Crippen LogP contribution is -2.54. The van der Waals surface area contributed by atoms with Gasteiger partial charge in [0.25, 0.3) is 0 Å². The second-order valence-electron chi connectivity index (χ2n) is 4.70. The lowest BCUT2D eigenvalue weighted by Gasteiger charge is -2.37. The number of hydrogen-bond donors (Lipinski definition) is 1. The first-order chi connectivity index (χ1) is 9.61. The van der Waals surface area contributed by atoms with Gasteiger partial charge >= 0.3 is 5.97 Å². The number of benzene rings is 1. The van der Waals surface area contributed by atoms with Crippen molar-refractivity contribution >= 4 is 17.6 Å². The van der Waals surface area contributed by atoms with E-state index in [9.17, 15) is 9.59 Å². The highest BCUT2D eigenvalue weighted by Gasteiger charge is 2.34. The Bertz CT molecular complexity index is 532. The van der Waals surface area contributed by atoms with Crippen molar-refractivity contribution in [2.45, 2.75) is 0 Å². The molecule has 6 heteroatoms. The fraction of sp³-hybridized carbons (Fsp3) is 0.357. The van der Waals surface area contributed by atoms with Crippen LogP contribution in [0.5, 0.6) is 0 Å². The minimum absolute atomic E-state index is 0.0148. The standard InChI is InChI=1S/C14H15N3O3/c15-6-7-17(12-4-2-1-3-5-12)13(18)10-16-8-11(9-16)14(19)20/h1-5,11H,7-10H2,(H,19,20). The third-order valence-corrected chi connectivity index (χ3v) is 3.26. The molecule has 1 amide bonds. The zero-order chi connectivity index (χ0) is 14.5. The maximum Gasteiger partial charge on any atom is 0.309 e. The van der Waals surface area contributed by atoms with Crippen LogP contribution in [0.4, 0.5) is 5.69 Å².